The van der Waals surface area contributed by atoms with Gasteiger partial charge in [0, 0.05) is 18.4 Å². The number of carboxylic acid groups (broad SMARTS) is 1. The number of hydrogen-bond acceptors (Lipinski definition) is 4. The van der Waals surface area contributed by atoms with Crippen LogP contribution in [0.2, 0.25) is 0 Å². The molecule has 1 N–H and O–H groups in total. The van der Waals surface area contributed by atoms with Gasteiger partial charge in [-0.3, -0.25) is 9.78 Å². The van der Waals surface area contributed by atoms with Crippen molar-refractivity contribution in [2.24, 2.45) is 0 Å². The summed E-state index contributed by atoms with van der Waals surface area (Å²) in [7, 11) is 0. The summed E-state index contributed by atoms with van der Waals surface area (Å²) in [5.74, 6) is -1.24. The number of ether oxygens (including phenoxy) is 1. The van der Waals surface area contributed by atoms with Gasteiger partial charge in [0.25, 0.3) is 0 Å². The largest absolute Gasteiger partial charge is 0.480 e. The van der Waals surface area contributed by atoms with Crippen molar-refractivity contribution in [3.05, 3.63) is 29.6 Å². The van der Waals surface area contributed by atoms with Gasteiger partial charge in [0.1, 0.15) is 0 Å². The number of carbonyl (C=O) groups is 2. The fraction of sp³-hybridized carbons (Fsp3) is 0.462. The van der Waals surface area contributed by atoms with E-state index in [1.54, 1.807) is 6.20 Å². The third-order valence-electron chi connectivity index (χ3n) is 3.06. The van der Waals surface area contributed by atoms with E-state index in [4.69, 9.17) is 9.84 Å². The Morgan fingerprint density at radius 2 is 2.32 bits per heavy atom. The van der Waals surface area contributed by atoms with E-state index in [1.165, 1.54) is 4.90 Å². The van der Waals surface area contributed by atoms with Crippen LogP contribution in [0, 0.1) is 6.92 Å². The summed E-state index contributed by atoms with van der Waals surface area (Å²) in [6, 6.07) is 2.77. The van der Waals surface area contributed by atoms with Gasteiger partial charge in [0.2, 0.25) is 5.91 Å². The van der Waals surface area contributed by atoms with Crippen molar-refractivity contribution >= 4 is 11.9 Å². The zero-order valence-corrected chi connectivity index (χ0v) is 10.7. The number of aliphatic carboxylic acids is 1. The van der Waals surface area contributed by atoms with Gasteiger partial charge < -0.3 is 14.7 Å². The molecule has 1 aromatic heterocycles. The molecule has 0 radical (unpaired) electrons. The maximum atomic E-state index is 12.1. The van der Waals surface area contributed by atoms with Crippen LogP contribution in [0.15, 0.2) is 18.3 Å². The first kappa shape index (κ1) is 13.5. The SMILES string of the molecule is Cc1ccc(CC(=O)N2CCOCC2C(=O)O)cn1. The van der Waals surface area contributed by atoms with Crippen molar-refractivity contribution in [1.82, 2.24) is 9.88 Å². The molecule has 1 fully saturated rings. The van der Waals surface area contributed by atoms with Gasteiger partial charge in [-0.1, -0.05) is 6.07 Å². The average Bonchev–Trinajstić information content (AvgIpc) is 2.41. The number of carbonyl (C=O) groups excluding carboxylic acids is 1. The number of nitrogens with zero attached hydrogens (tertiary/aromatic N) is 2. The molecule has 102 valence electrons. The number of hydrogen-bond donors (Lipinski definition) is 1. The Bertz CT molecular complexity index is 472. The number of pyridine rings is 1. The molecule has 6 heteroatoms. The van der Waals surface area contributed by atoms with Crippen LogP contribution in [-0.2, 0) is 20.7 Å². The van der Waals surface area contributed by atoms with Gasteiger partial charge in [-0.15, -0.1) is 0 Å². The Balaban J connectivity index is 2.05. The van der Waals surface area contributed by atoms with Gasteiger partial charge in [-0.05, 0) is 18.6 Å². The average molecular weight is 264 g/mol. The van der Waals surface area contributed by atoms with Crippen molar-refractivity contribution in [3.8, 4) is 0 Å². The lowest BCUT2D eigenvalue weighted by Gasteiger charge is -2.32. The van der Waals surface area contributed by atoms with Gasteiger partial charge >= 0.3 is 5.97 Å². The summed E-state index contributed by atoms with van der Waals surface area (Å²) in [6.45, 7) is 2.61. The second kappa shape index (κ2) is 5.79. The smallest absolute Gasteiger partial charge is 0.328 e. The minimum atomic E-state index is -1.03. The summed E-state index contributed by atoms with van der Waals surface area (Å²) >= 11 is 0. The monoisotopic (exact) mass is 264 g/mol. The topological polar surface area (TPSA) is 79.7 Å². The molecule has 0 spiro atoms. The molecule has 6 nitrogen and oxygen atoms in total. The van der Waals surface area contributed by atoms with Gasteiger partial charge in [0.05, 0.1) is 19.6 Å². The number of aromatic nitrogens is 1. The third kappa shape index (κ3) is 3.29. The number of aryl methyl sites for hydroxylation is 1. The molecule has 0 bridgehead atoms. The second-order valence-corrected chi connectivity index (χ2v) is 4.50. The standard InChI is InChI=1S/C13H16N2O4/c1-9-2-3-10(7-14-9)6-12(16)15-4-5-19-8-11(15)13(17)18/h2-3,7,11H,4-6,8H2,1H3,(H,17,18). The summed E-state index contributed by atoms with van der Waals surface area (Å²) in [5, 5.41) is 9.07. The zero-order chi connectivity index (χ0) is 13.8. The summed E-state index contributed by atoms with van der Waals surface area (Å²) in [6.07, 6.45) is 1.81. The molecule has 1 aliphatic rings. The normalized spacial score (nSPS) is 19.2. The molecule has 1 saturated heterocycles. The summed E-state index contributed by atoms with van der Waals surface area (Å²) in [4.78, 5) is 28.7. The van der Waals surface area contributed by atoms with E-state index < -0.39 is 12.0 Å². The Morgan fingerprint density at radius 1 is 1.53 bits per heavy atom. The van der Waals surface area contributed by atoms with Crippen LogP contribution in [0.5, 0.6) is 0 Å². The van der Waals surface area contributed by atoms with Crippen LogP contribution in [0.1, 0.15) is 11.3 Å². The summed E-state index contributed by atoms with van der Waals surface area (Å²) in [5.41, 5.74) is 1.66. The molecule has 1 atom stereocenters. The molecular weight excluding hydrogens is 248 g/mol. The second-order valence-electron chi connectivity index (χ2n) is 4.50. The van der Waals surface area contributed by atoms with Crippen LogP contribution >= 0.6 is 0 Å². The minimum Gasteiger partial charge on any atom is -0.480 e. The van der Waals surface area contributed by atoms with Crippen molar-refractivity contribution in [2.75, 3.05) is 19.8 Å². The first-order valence-electron chi connectivity index (χ1n) is 6.09. The van der Waals surface area contributed by atoms with Crippen molar-refractivity contribution in [1.29, 1.82) is 0 Å². The lowest BCUT2D eigenvalue weighted by molar-refractivity contribution is -0.158. The lowest BCUT2D eigenvalue weighted by atomic mass is 10.1. The van der Waals surface area contributed by atoms with Crippen LogP contribution < -0.4 is 0 Å². The highest BCUT2D eigenvalue weighted by molar-refractivity contribution is 5.85. The molecule has 0 aromatic carbocycles. The molecule has 1 amide bonds. The van der Waals surface area contributed by atoms with E-state index in [0.29, 0.717) is 13.2 Å². The van der Waals surface area contributed by atoms with E-state index in [9.17, 15) is 9.59 Å². The highest BCUT2D eigenvalue weighted by Crippen LogP contribution is 2.11. The zero-order valence-electron chi connectivity index (χ0n) is 10.7. The summed E-state index contributed by atoms with van der Waals surface area (Å²) < 4.78 is 5.10. The molecule has 19 heavy (non-hydrogen) atoms. The highest BCUT2D eigenvalue weighted by atomic mass is 16.5. The first-order chi connectivity index (χ1) is 9.08. The van der Waals surface area contributed by atoms with Crippen LogP contribution in [0.3, 0.4) is 0 Å². The Kier molecular flexibility index (Phi) is 4.11. The van der Waals surface area contributed by atoms with E-state index in [1.807, 2.05) is 19.1 Å². The fourth-order valence-electron chi connectivity index (χ4n) is 1.99. The molecule has 1 aliphatic heterocycles. The molecule has 1 aromatic rings. The van der Waals surface area contributed by atoms with Crippen molar-refractivity contribution in [3.63, 3.8) is 0 Å². The van der Waals surface area contributed by atoms with E-state index in [0.717, 1.165) is 11.3 Å². The molecule has 1 unspecified atom stereocenters. The molecule has 0 aliphatic carbocycles. The maximum Gasteiger partial charge on any atom is 0.328 e. The van der Waals surface area contributed by atoms with E-state index >= 15 is 0 Å². The molecular formula is C13H16N2O4. The van der Waals surface area contributed by atoms with E-state index in [2.05, 4.69) is 4.98 Å². The van der Waals surface area contributed by atoms with Gasteiger partial charge in [0.15, 0.2) is 6.04 Å². The van der Waals surface area contributed by atoms with Gasteiger partial charge in [-0.2, -0.15) is 0 Å². The maximum absolute atomic E-state index is 12.1. The predicted molar refractivity (Wildman–Crippen MR) is 66.6 cm³/mol. The first-order valence-corrected chi connectivity index (χ1v) is 6.09. The van der Waals surface area contributed by atoms with E-state index in [-0.39, 0.29) is 18.9 Å². The number of morpholine rings is 1. The molecule has 2 rings (SSSR count). The third-order valence-corrected chi connectivity index (χ3v) is 3.06. The fourth-order valence-corrected chi connectivity index (χ4v) is 1.99. The van der Waals surface area contributed by atoms with Crippen LogP contribution in [0.25, 0.3) is 0 Å². The highest BCUT2D eigenvalue weighted by Gasteiger charge is 2.32. The number of carboxylic acids is 1. The Morgan fingerprint density at radius 3 is 2.95 bits per heavy atom. The Labute approximate surface area is 111 Å². The molecule has 2 heterocycles. The lowest BCUT2D eigenvalue weighted by Crippen LogP contribution is -2.53. The molecule has 0 saturated carbocycles. The van der Waals surface area contributed by atoms with Crippen molar-refractivity contribution < 1.29 is 19.4 Å². The van der Waals surface area contributed by atoms with Crippen LogP contribution in [-0.4, -0.2) is 52.7 Å². The Hall–Kier alpha value is -1.95. The predicted octanol–water partition coefficient (Wildman–Crippen LogP) is 0.245. The number of amides is 1. The van der Waals surface area contributed by atoms with Crippen LogP contribution in [0.4, 0.5) is 0 Å². The van der Waals surface area contributed by atoms with Gasteiger partial charge in [-0.25, -0.2) is 4.79 Å². The minimum absolute atomic E-state index is 0.0488. The number of rotatable bonds is 3. The van der Waals surface area contributed by atoms with Crippen molar-refractivity contribution in [2.45, 2.75) is 19.4 Å². The quantitative estimate of drug-likeness (QED) is 0.846.